The summed E-state index contributed by atoms with van der Waals surface area (Å²) < 4.78 is 41.9. The minimum atomic E-state index is -4.46. The van der Waals surface area contributed by atoms with Gasteiger partial charge in [-0.3, -0.25) is 0 Å². The van der Waals surface area contributed by atoms with Crippen molar-refractivity contribution in [3.05, 3.63) is 57.9 Å². The first-order chi connectivity index (χ1) is 13.4. The fourth-order valence-corrected chi connectivity index (χ4v) is 4.88. The molecule has 3 N–H and O–H groups in total. The van der Waals surface area contributed by atoms with Crippen LogP contribution in [0, 0.1) is 0 Å². The molecular formula is C21H18ClF3N2S. The third kappa shape index (κ3) is 3.30. The number of nitrogens with one attached hydrogen (secondary N) is 1. The maximum atomic E-state index is 13.6. The Morgan fingerprint density at radius 1 is 1.07 bits per heavy atom. The standard InChI is InChI=1S/C21H18ClF3N2S/c22-16-9-8-15(21(23,24)25)20-18(16)13(6-3-4-10-26)19(27-20)14-11-28-17-7-2-1-5-12(14)17/h1-2,5,7-9,11,27H,3-4,6,10,26H2. The molecule has 2 aromatic heterocycles. The maximum absolute atomic E-state index is 13.6. The number of hydrogen-bond donors (Lipinski definition) is 2. The van der Waals surface area contributed by atoms with E-state index in [0.717, 1.165) is 40.1 Å². The Labute approximate surface area is 169 Å². The lowest BCUT2D eigenvalue weighted by Gasteiger charge is -2.09. The number of nitrogens with two attached hydrogens (primary N) is 1. The number of H-pyrrole nitrogens is 1. The molecule has 0 amide bonds. The Bertz CT molecular complexity index is 1140. The van der Waals surface area contributed by atoms with Gasteiger partial charge >= 0.3 is 6.18 Å². The average molecular weight is 423 g/mol. The SMILES string of the molecule is NCCCCc1c(-c2csc3ccccc23)[nH]c2c(C(F)(F)F)ccc(Cl)c12. The molecule has 0 unspecified atom stereocenters. The van der Waals surface area contributed by atoms with Gasteiger partial charge in [-0.15, -0.1) is 11.3 Å². The monoisotopic (exact) mass is 422 g/mol. The molecule has 0 aliphatic rings. The van der Waals surface area contributed by atoms with Crippen molar-refractivity contribution in [1.82, 2.24) is 4.98 Å². The highest BCUT2D eigenvalue weighted by molar-refractivity contribution is 7.17. The smallest absolute Gasteiger partial charge is 0.354 e. The Morgan fingerprint density at radius 2 is 1.86 bits per heavy atom. The molecule has 7 heteroatoms. The van der Waals surface area contributed by atoms with E-state index in [1.807, 2.05) is 29.6 Å². The number of aryl methyl sites for hydroxylation is 1. The van der Waals surface area contributed by atoms with E-state index in [0.29, 0.717) is 29.1 Å². The van der Waals surface area contributed by atoms with Crippen LogP contribution >= 0.6 is 22.9 Å². The number of rotatable bonds is 5. The van der Waals surface area contributed by atoms with Crippen LogP contribution in [0.1, 0.15) is 24.0 Å². The lowest BCUT2D eigenvalue weighted by atomic mass is 9.99. The summed E-state index contributed by atoms with van der Waals surface area (Å²) in [5.74, 6) is 0. The summed E-state index contributed by atoms with van der Waals surface area (Å²) >= 11 is 7.96. The number of thiophene rings is 1. The van der Waals surface area contributed by atoms with Crippen molar-refractivity contribution in [1.29, 1.82) is 0 Å². The Kier molecular flexibility index (Phi) is 5.12. The predicted molar refractivity (Wildman–Crippen MR) is 111 cm³/mol. The number of hydrogen-bond acceptors (Lipinski definition) is 2. The molecule has 0 aliphatic heterocycles. The number of fused-ring (bicyclic) bond motifs is 2. The molecule has 4 rings (SSSR count). The zero-order valence-corrected chi connectivity index (χ0v) is 16.4. The van der Waals surface area contributed by atoms with Gasteiger partial charge in [0.2, 0.25) is 0 Å². The van der Waals surface area contributed by atoms with E-state index in [1.165, 1.54) is 6.07 Å². The Morgan fingerprint density at radius 3 is 2.61 bits per heavy atom. The van der Waals surface area contributed by atoms with Crippen molar-refractivity contribution in [2.24, 2.45) is 5.73 Å². The zero-order valence-electron chi connectivity index (χ0n) is 14.9. The number of alkyl halides is 3. The molecule has 0 radical (unpaired) electrons. The first kappa shape index (κ1) is 19.3. The van der Waals surface area contributed by atoms with E-state index in [1.54, 1.807) is 11.3 Å². The highest BCUT2D eigenvalue weighted by atomic mass is 35.5. The van der Waals surface area contributed by atoms with E-state index in [9.17, 15) is 13.2 Å². The molecule has 2 nitrogen and oxygen atoms in total. The largest absolute Gasteiger partial charge is 0.418 e. The van der Waals surface area contributed by atoms with Gasteiger partial charge in [0.25, 0.3) is 0 Å². The molecule has 2 aromatic carbocycles. The number of unbranched alkanes of at least 4 members (excludes halogenated alkanes) is 1. The quantitative estimate of drug-likeness (QED) is 0.334. The lowest BCUT2D eigenvalue weighted by molar-refractivity contribution is -0.136. The van der Waals surface area contributed by atoms with Gasteiger partial charge in [-0.2, -0.15) is 13.2 Å². The molecule has 0 spiro atoms. The van der Waals surface area contributed by atoms with Crippen molar-refractivity contribution in [3.8, 4) is 11.3 Å². The van der Waals surface area contributed by atoms with Gasteiger partial charge in [0.15, 0.2) is 0 Å². The summed E-state index contributed by atoms with van der Waals surface area (Å²) in [5, 5.41) is 3.79. The van der Waals surface area contributed by atoms with Crippen LogP contribution in [-0.2, 0) is 12.6 Å². The fourth-order valence-electron chi connectivity index (χ4n) is 3.66. The summed E-state index contributed by atoms with van der Waals surface area (Å²) in [5.41, 5.74) is 7.41. The first-order valence-corrected chi connectivity index (χ1v) is 10.2. The predicted octanol–water partition coefficient (Wildman–Crippen LogP) is 7.00. The summed E-state index contributed by atoms with van der Waals surface area (Å²) in [6, 6.07) is 10.3. The van der Waals surface area contributed by atoms with Crippen molar-refractivity contribution >= 4 is 43.9 Å². The normalized spacial score (nSPS) is 12.3. The number of aromatic nitrogens is 1. The van der Waals surface area contributed by atoms with Crippen LogP contribution in [0.4, 0.5) is 13.2 Å². The fraction of sp³-hybridized carbons (Fsp3) is 0.238. The van der Waals surface area contributed by atoms with Crippen molar-refractivity contribution in [3.63, 3.8) is 0 Å². The van der Waals surface area contributed by atoms with E-state index < -0.39 is 11.7 Å². The van der Waals surface area contributed by atoms with Gasteiger partial charge < -0.3 is 10.7 Å². The van der Waals surface area contributed by atoms with Crippen LogP contribution in [-0.4, -0.2) is 11.5 Å². The third-order valence-electron chi connectivity index (χ3n) is 4.94. The molecule has 0 fully saturated rings. The van der Waals surface area contributed by atoms with E-state index >= 15 is 0 Å². The highest BCUT2D eigenvalue weighted by Gasteiger charge is 2.35. The maximum Gasteiger partial charge on any atom is 0.418 e. The van der Waals surface area contributed by atoms with E-state index in [-0.39, 0.29) is 5.52 Å². The topological polar surface area (TPSA) is 41.8 Å². The third-order valence-corrected chi connectivity index (χ3v) is 6.22. The molecule has 2 heterocycles. The van der Waals surface area contributed by atoms with E-state index in [4.69, 9.17) is 17.3 Å². The Balaban J connectivity index is 2.01. The van der Waals surface area contributed by atoms with Crippen LogP contribution in [0.5, 0.6) is 0 Å². The number of aromatic amines is 1. The molecule has 0 atom stereocenters. The molecule has 0 bridgehead atoms. The minimum Gasteiger partial charge on any atom is -0.354 e. The van der Waals surface area contributed by atoms with Crippen LogP contribution in [0.25, 0.3) is 32.2 Å². The second-order valence-electron chi connectivity index (χ2n) is 6.71. The number of halogens is 4. The van der Waals surface area contributed by atoms with Gasteiger partial charge in [-0.05, 0) is 49.6 Å². The van der Waals surface area contributed by atoms with Crippen LogP contribution in [0.15, 0.2) is 41.8 Å². The lowest BCUT2D eigenvalue weighted by Crippen LogP contribution is -2.05. The molecule has 0 saturated carbocycles. The molecule has 28 heavy (non-hydrogen) atoms. The van der Waals surface area contributed by atoms with Gasteiger partial charge in [0.05, 0.1) is 21.8 Å². The molecule has 4 aromatic rings. The summed E-state index contributed by atoms with van der Waals surface area (Å²) in [6.07, 6.45) is -2.27. The molecular weight excluding hydrogens is 405 g/mol. The average Bonchev–Trinajstić information content (AvgIpc) is 3.23. The molecule has 0 saturated heterocycles. The second kappa shape index (κ2) is 7.43. The molecule has 0 aliphatic carbocycles. The van der Waals surface area contributed by atoms with E-state index in [2.05, 4.69) is 4.98 Å². The van der Waals surface area contributed by atoms with Crippen LogP contribution in [0.3, 0.4) is 0 Å². The second-order valence-corrected chi connectivity index (χ2v) is 8.03. The summed E-state index contributed by atoms with van der Waals surface area (Å²) in [6.45, 7) is 0.542. The van der Waals surface area contributed by atoms with Gasteiger partial charge in [0, 0.05) is 26.4 Å². The summed E-state index contributed by atoms with van der Waals surface area (Å²) in [7, 11) is 0. The van der Waals surface area contributed by atoms with Crippen LogP contribution < -0.4 is 5.73 Å². The van der Waals surface area contributed by atoms with Crippen molar-refractivity contribution in [2.75, 3.05) is 6.54 Å². The van der Waals surface area contributed by atoms with Gasteiger partial charge in [-0.25, -0.2) is 0 Å². The van der Waals surface area contributed by atoms with Gasteiger partial charge in [-0.1, -0.05) is 29.8 Å². The first-order valence-electron chi connectivity index (χ1n) is 8.98. The Hall–Kier alpha value is -2.02. The van der Waals surface area contributed by atoms with Gasteiger partial charge in [0.1, 0.15) is 0 Å². The zero-order chi connectivity index (χ0) is 19.9. The van der Waals surface area contributed by atoms with Crippen LogP contribution in [0.2, 0.25) is 5.02 Å². The molecule has 146 valence electrons. The minimum absolute atomic E-state index is 0.0491. The summed E-state index contributed by atoms with van der Waals surface area (Å²) in [4.78, 5) is 3.07. The number of benzene rings is 2. The van der Waals surface area contributed by atoms with Crippen molar-refractivity contribution in [2.45, 2.75) is 25.4 Å². The highest BCUT2D eigenvalue weighted by Crippen LogP contribution is 2.44. The van der Waals surface area contributed by atoms with Crippen molar-refractivity contribution < 1.29 is 13.2 Å².